The van der Waals surface area contributed by atoms with Crippen LogP contribution in [0.15, 0.2) is 30.3 Å². The Bertz CT molecular complexity index is 641. The zero-order chi connectivity index (χ0) is 19.6. The first kappa shape index (κ1) is 20.5. The Balaban J connectivity index is 2.05. The molecular formula is C22H32O4. The minimum atomic E-state index is -1.47. The lowest BCUT2D eigenvalue weighted by Crippen LogP contribution is -2.45. The molecule has 2 rings (SSSR count). The minimum Gasteiger partial charge on any atom is -0.480 e. The van der Waals surface area contributed by atoms with Gasteiger partial charge in [-0.25, -0.2) is 0 Å². The standard InChI is InChI=1S/C22H32O4/c1-6-22(5,18(23)24)19(25)26-21(4)14-12-17(13-15-21)20(2,3)16-10-8-7-9-11-16/h7-11,17H,6,12-15H2,1-5H3,(H,23,24). The van der Waals surface area contributed by atoms with E-state index in [0.717, 1.165) is 25.7 Å². The van der Waals surface area contributed by atoms with E-state index in [-0.39, 0.29) is 11.8 Å². The largest absolute Gasteiger partial charge is 0.480 e. The van der Waals surface area contributed by atoms with Crippen molar-refractivity contribution in [2.24, 2.45) is 11.3 Å². The van der Waals surface area contributed by atoms with Crippen LogP contribution in [0.5, 0.6) is 0 Å². The molecule has 0 bridgehead atoms. The van der Waals surface area contributed by atoms with Crippen molar-refractivity contribution in [3.05, 3.63) is 35.9 Å². The summed E-state index contributed by atoms with van der Waals surface area (Å²) in [7, 11) is 0. The van der Waals surface area contributed by atoms with Crippen molar-refractivity contribution in [2.75, 3.05) is 0 Å². The zero-order valence-electron chi connectivity index (χ0n) is 16.7. The van der Waals surface area contributed by atoms with Gasteiger partial charge in [-0.3, -0.25) is 9.59 Å². The molecule has 1 saturated carbocycles. The molecule has 1 aliphatic carbocycles. The molecular weight excluding hydrogens is 328 g/mol. The van der Waals surface area contributed by atoms with E-state index in [2.05, 4.69) is 38.1 Å². The molecule has 1 aromatic rings. The molecule has 0 amide bonds. The van der Waals surface area contributed by atoms with Gasteiger partial charge in [0.1, 0.15) is 5.60 Å². The van der Waals surface area contributed by atoms with Gasteiger partial charge in [0.05, 0.1) is 0 Å². The molecule has 4 heteroatoms. The molecule has 0 aromatic heterocycles. The molecule has 1 unspecified atom stereocenters. The van der Waals surface area contributed by atoms with Gasteiger partial charge in [0, 0.05) is 0 Å². The Morgan fingerprint density at radius 3 is 2.15 bits per heavy atom. The summed E-state index contributed by atoms with van der Waals surface area (Å²) in [6.07, 6.45) is 3.67. The minimum absolute atomic E-state index is 0.0611. The highest BCUT2D eigenvalue weighted by molar-refractivity contribution is 5.98. The smallest absolute Gasteiger partial charge is 0.323 e. The molecule has 1 N–H and O–H groups in total. The maximum atomic E-state index is 12.5. The van der Waals surface area contributed by atoms with E-state index in [9.17, 15) is 14.7 Å². The van der Waals surface area contributed by atoms with Crippen molar-refractivity contribution in [3.8, 4) is 0 Å². The maximum absolute atomic E-state index is 12.5. The normalized spacial score (nSPS) is 26.0. The second-order valence-corrected chi connectivity index (χ2v) is 8.69. The predicted molar refractivity (Wildman–Crippen MR) is 102 cm³/mol. The number of benzene rings is 1. The van der Waals surface area contributed by atoms with E-state index < -0.39 is 23.0 Å². The lowest BCUT2D eigenvalue weighted by molar-refractivity contribution is -0.181. The van der Waals surface area contributed by atoms with Crippen LogP contribution in [0.4, 0.5) is 0 Å². The number of rotatable bonds is 6. The van der Waals surface area contributed by atoms with Crippen LogP contribution < -0.4 is 0 Å². The zero-order valence-corrected chi connectivity index (χ0v) is 16.7. The van der Waals surface area contributed by atoms with Gasteiger partial charge >= 0.3 is 11.9 Å². The van der Waals surface area contributed by atoms with E-state index in [0.29, 0.717) is 5.92 Å². The van der Waals surface area contributed by atoms with Gasteiger partial charge in [-0.1, -0.05) is 51.1 Å². The molecule has 1 atom stereocenters. The van der Waals surface area contributed by atoms with Gasteiger partial charge in [0.2, 0.25) is 0 Å². The van der Waals surface area contributed by atoms with Crippen LogP contribution in [0.3, 0.4) is 0 Å². The second-order valence-electron chi connectivity index (χ2n) is 8.69. The lowest BCUT2D eigenvalue weighted by atomic mass is 9.65. The molecule has 1 aliphatic rings. The Labute approximate surface area is 156 Å². The van der Waals surface area contributed by atoms with E-state index in [1.165, 1.54) is 12.5 Å². The van der Waals surface area contributed by atoms with Crippen molar-refractivity contribution in [3.63, 3.8) is 0 Å². The maximum Gasteiger partial charge on any atom is 0.323 e. The summed E-state index contributed by atoms with van der Waals surface area (Å²) in [6.45, 7) is 9.65. The molecule has 144 valence electrons. The summed E-state index contributed by atoms with van der Waals surface area (Å²) in [5.41, 5.74) is -0.656. The molecule has 0 radical (unpaired) electrons. The van der Waals surface area contributed by atoms with Crippen LogP contribution in [-0.2, 0) is 19.7 Å². The monoisotopic (exact) mass is 360 g/mol. The fourth-order valence-corrected chi connectivity index (χ4v) is 3.87. The number of hydrogen-bond donors (Lipinski definition) is 1. The molecule has 1 fully saturated rings. The molecule has 1 aromatic carbocycles. The molecule has 0 saturated heterocycles. The van der Waals surface area contributed by atoms with Gasteiger partial charge < -0.3 is 9.84 Å². The fourth-order valence-electron chi connectivity index (χ4n) is 3.87. The molecule has 0 aliphatic heterocycles. The summed E-state index contributed by atoms with van der Waals surface area (Å²) < 4.78 is 5.74. The highest BCUT2D eigenvalue weighted by Crippen LogP contribution is 2.45. The topological polar surface area (TPSA) is 63.6 Å². The Kier molecular flexibility index (Phi) is 5.84. The molecule has 0 spiro atoms. The predicted octanol–water partition coefficient (Wildman–Crippen LogP) is 4.96. The summed E-state index contributed by atoms with van der Waals surface area (Å²) in [6, 6.07) is 10.5. The highest BCUT2D eigenvalue weighted by atomic mass is 16.6. The Morgan fingerprint density at radius 1 is 1.15 bits per heavy atom. The average molecular weight is 360 g/mol. The summed E-state index contributed by atoms with van der Waals surface area (Å²) in [5.74, 6) is -1.23. The van der Waals surface area contributed by atoms with E-state index in [1.807, 2.05) is 13.0 Å². The first-order valence-electron chi connectivity index (χ1n) is 9.57. The summed E-state index contributed by atoms with van der Waals surface area (Å²) >= 11 is 0. The third kappa shape index (κ3) is 3.94. The van der Waals surface area contributed by atoms with E-state index >= 15 is 0 Å². The number of hydrogen-bond acceptors (Lipinski definition) is 3. The summed E-state index contributed by atoms with van der Waals surface area (Å²) in [5, 5.41) is 9.39. The third-order valence-electron chi connectivity index (χ3n) is 6.55. The van der Waals surface area contributed by atoms with Crippen LogP contribution in [0.25, 0.3) is 0 Å². The van der Waals surface area contributed by atoms with Crippen molar-refractivity contribution >= 4 is 11.9 Å². The number of carbonyl (C=O) groups is 2. The molecule has 26 heavy (non-hydrogen) atoms. The summed E-state index contributed by atoms with van der Waals surface area (Å²) in [4.78, 5) is 24.0. The van der Waals surface area contributed by atoms with Crippen molar-refractivity contribution in [2.45, 2.75) is 77.7 Å². The van der Waals surface area contributed by atoms with Gasteiger partial charge in [-0.2, -0.15) is 0 Å². The lowest BCUT2D eigenvalue weighted by Gasteiger charge is -2.44. The number of esters is 1. The number of carboxylic acid groups (broad SMARTS) is 1. The van der Waals surface area contributed by atoms with Gasteiger partial charge in [0.15, 0.2) is 5.41 Å². The fraction of sp³-hybridized carbons (Fsp3) is 0.636. The van der Waals surface area contributed by atoms with Crippen LogP contribution in [0, 0.1) is 11.3 Å². The Morgan fingerprint density at radius 2 is 1.69 bits per heavy atom. The first-order valence-corrected chi connectivity index (χ1v) is 9.57. The van der Waals surface area contributed by atoms with Crippen molar-refractivity contribution in [1.29, 1.82) is 0 Å². The van der Waals surface area contributed by atoms with Gasteiger partial charge in [-0.15, -0.1) is 0 Å². The number of carbonyl (C=O) groups excluding carboxylic acids is 1. The van der Waals surface area contributed by atoms with Crippen molar-refractivity contribution in [1.82, 2.24) is 0 Å². The third-order valence-corrected chi connectivity index (χ3v) is 6.55. The number of ether oxygens (including phenoxy) is 1. The second kappa shape index (κ2) is 7.42. The van der Waals surface area contributed by atoms with Crippen LogP contribution >= 0.6 is 0 Å². The van der Waals surface area contributed by atoms with Crippen LogP contribution in [-0.4, -0.2) is 22.6 Å². The first-order chi connectivity index (χ1) is 12.0. The number of carboxylic acids is 1. The van der Waals surface area contributed by atoms with E-state index in [4.69, 9.17) is 4.74 Å². The van der Waals surface area contributed by atoms with Gasteiger partial charge in [0.25, 0.3) is 0 Å². The van der Waals surface area contributed by atoms with Crippen LogP contribution in [0.2, 0.25) is 0 Å². The quantitative estimate of drug-likeness (QED) is 0.575. The van der Waals surface area contributed by atoms with E-state index in [1.54, 1.807) is 6.92 Å². The van der Waals surface area contributed by atoms with Crippen molar-refractivity contribution < 1.29 is 19.4 Å². The average Bonchev–Trinajstić information content (AvgIpc) is 2.61. The molecule has 0 heterocycles. The number of aliphatic carboxylic acids is 1. The van der Waals surface area contributed by atoms with Crippen LogP contribution in [0.1, 0.15) is 72.3 Å². The Hall–Kier alpha value is -1.84. The SMILES string of the molecule is CCC(C)(C(=O)O)C(=O)OC1(C)CCC(C(C)(C)c2ccccc2)CC1. The highest BCUT2D eigenvalue weighted by Gasteiger charge is 2.46. The molecule has 4 nitrogen and oxygen atoms in total. The van der Waals surface area contributed by atoms with Gasteiger partial charge in [-0.05, 0) is 62.8 Å².